The third kappa shape index (κ3) is 17.7. The zero-order valence-electron chi connectivity index (χ0n) is 64.5. The van der Waals surface area contributed by atoms with Gasteiger partial charge < -0.3 is 27.8 Å². The predicted octanol–water partition coefficient (Wildman–Crippen LogP) is 15.8. The van der Waals surface area contributed by atoms with E-state index < -0.39 is 45.0 Å². The quantitative estimate of drug-likeness (QED) is 0.0552. The normalized spacial score (nSPS) is 21.7. The minimum Gasteiger partial charge on any atom is -0.369 e. The molecular formula is C88H94F3N15O4S3. The summed E-state index contributed by atoms with van der Waals surface area (Å²) >= 11 is 4.00. The lowest BCUT2D eigenvalue weighted by atomic mass is 9.77. The summed E-state index contributed by atoms with van der Waals surface area (Å²) in [6.07, 6.45) is 14.7. The Morgan fingerprint density at radius 3 is 1.91 bits per heavy atom. The molecule has 2 fully saturated rings. The third-order valence-corrected chi connectivity index (χ3v) is 25.3. The van der Waals surface area contributed by atoms with Gasteiger partial charge in [0.1, 0.15) is 17.1 Å². The van der Waals surface area contributed by atoms with E-state index in [0.29, 0.717) is 64.6 Å². The van der Waals surface area contributed by atoms with E-state index in [1.807, 2.05) is 110 Å². The predicted molar refractivity (Wildman–Crippen MR) is 445 cm³/mol. The van der Waals surface area contributed by atoms with Crippen molar-refractivity contribution in [2.75, 3.05) is 46.8 Å². The molecule has 6 aliphatic rings. The summed E-state index contributed by atoms with van der Waals surface area (Å²) in [5, 5.41) is 22.9. The highest BCUT2D eigenvalue weighted by Gasteiger charge is 2.52. The van der Waals surface area contributed by atoms with Gasteiger partial charge in [-0.05, 0) is 201 Å². The van der Waals surface area contributed by atoms with Crippen molar-refractivity contribution in [2.45, 2.75) is 133 Å². The highest BCUT2D eigenvalue weighted by atomic mass is 32.1. The van der Waals surface area contributed by atoms with Crippen LogP contribution in [0.4, 0.5) is 13.2 Å². The molecule has 9 aromatic rings. The number of allylic oxidation sites excluding steroid dienone is 1. The fourth-order valence-corrected chi connectivity index (χ4v) is 18.0. The Balaban J connectivity index is 0.000000141. The maximum absolute atomic E-state index is 14.1. The first-order valence-corrected chi connectivity index (χ1v) is 40.6. The van der Waals surface area contributed by atoms with Gasteiger partial charge in [0, 0.05) is 54.1 Å². The van der Waals surface area contributed by atoms with Gasteiger partial charge in [0.2, 0.25) is 17.7 Å². The monoisotopic (exact) mass is 1580 g/mol. The minimum absolute atomic E-state index is 0.0409. The van der Waals surface area contributed by atoms with Crippen LogP contribution in [0.1, 0.15) is 158 Å². The number of fused-ring (bicyclic) bond motifs is 1. The fourth-order valence-electron chi connectivity index (χ4n) is 15.2. The summed E-state index contributed by atoms with van der Waals surface area (Å²) in [7, 11) is 3.13. The van der Waals surface area contributed by atoms with E-state index in [1.165, 1.54) is 114 Å². The number of piperidine rings is 1. The van der Waals surface area contributed by atoms with Crippen LogP contribution >= 0.6 is 34.0 Å². The molecule has 6 aromatic carbocycles. The number of nitrogens with two attached hydrogens (primary N) is 4. The number of carbonyl (C=O) groups is 4. The highest BCUT2D eigenvalue weighted by molar-refractivity contribution is 7.17. The number of nitriles is 2. The van der Waals surface area contributed by atoms with E-state index in [4.69, 9.17) is 43.2 Å². The lowest BCUT2D eigenvalue weighted by molar-refractivity contribution is -0.134. The number of thiophene rings is 3. The third-order valence-electron chi connectivity index (χ3n) is 22.1. The van der Waals surface area contributed by atoms with Crippen LogP contribution in [0, 0.1) is 46.6 Å². The molecule has 3 aromatic heterocycles. The number of likely N-dealkylation sites (N-methyl/N-ethyl adjacent to an activating group) is 1. The summed E-state index contributed by atoms with van der Waals surface area (Å²) in [4.78, 5) is 81.1. The molecule has 5 aliphatic heterocycles. The molecule has 19 nitrogen and oxygen atoms in total. The number of hydrogen-bond donors (Lipinski definition) is 4. The van der Waals surface area contributed by atoms with Crippen molar-refractivity contribution in [1.82, 2.24) is 24.5 Å². The van der Waals surface area contributed by atoms with Crippen molar-refractivity contribution < 1.29 is 32.3 Å². The Morgan fingerprint density at radius 1 is 0.628 bits per heavy atom. The lowest BCUT2D eigenvalue weighted by Gasteiger charge is -2.40. The molecule has 113 heavy (non-hydrogen) atoms. The lowest BCUT2D eigenvalue weighted by Crippen LogP contribution is -2.53. The van der Waals surface area contributed by atoms with Crippen molar-refractivity contribution in [3.05, 3.63) is 252 Å². The Hall–Kier alpha value is -11.1. The number of guanidine groups is 4. The molecule has 1 aliphatic carbocycles. The maximum atomic E-state index is 14.1. The molecule has 4 amide bonds. The smallest absolute Gasteiger partial charge is 0.270 e. The molecule has 1 saturated heterocycles. The Labute approximate surface area is 670 Å². The molecule has 1 saturated carbocycles. The maximum Gasteiger partial charge on any atom is 0.270 e. The summed E-state index contributed by atoms with van der Waals surface area (Å²) in [5.74, 6) is -3.24. The minimum atomic E-state index is -3.02. The molecule has 0 spiro atoms. The fraction of sp³-hybridized carbons (Fsp3) is 0.341. The zero-order valence-corrected chi connectivity index (χ0v) is 67.0. The first-order valence-electron chi connectivity index (χ1n) is 38.0. The van der Waals surface area contributed by atoms with Crippen LogP contribution in [0.3, 0.4) is 0 Å². The second-order valence-electron chi connectivity index (χ2n) is 30.2. The second kappa shape index (κ2) is 34.5. The number of unbranched alkanes of at least 4 members (excludes halogenated alkanes) is 2. The van der Waals surface area contributed by atoms with Crippen LogP contribution in [0.25, 0.3) is 27.3 Å². The van der Waals surface area contributed by atoms with Crippen molar-refractivity contribution in [2.24, 2.45) is 54.7 Å². The number of alkyl halides is 2. The highest BCUT2D eigenvalue weighted by Crippen LogP contribution is 2.49. The van der Waals surface area contributed by atoms with Crippen LogP contribution in [-0.2, 0) is 47.3 Å². The van der Waals surface area contributed by atoms with Gasteiger partial charge in [0.15, 0.2) is 34.5 Å². The van der Waals surface area contributed by atoms with E-state index in [9.17, 15) is 37.6 Å². The van der Waals surface area contributed by atoms with Gasteiger partial charge in [0.05, 0.1) is 41.0 Å². The molecular weight excluding hydrogens is 1480 g/mol. The van der Waals surface area contributed by atoms with Gasteiger partial charge in [-0.1, -0.05) is 152 Å². The number of nitrogens with zero attached hydrogens (tertiary/aromatic N) is 11. The first kappa shape index (κ1) is 81.4. The van der Waals surface area contributed by atoms with Crippen LogP contribution in [0.5, 0.6) is 0 Å². The van der Waals surface area contributed by atoms with Gasteiger partial charge in [-0.15, -0.1) is 34.0 Å². The standard InChI is InChI=1S/C27H26N4OS.C25H32N4O.C19H17F3N4OS.C17H19N3OS/c1-18-8-4-5-10-20(18)11-7-13-23-25(32)31(3)26(29)30-27(23,2)24-15-22(17-33-24)21-12-6-9-19(14-21)16-28;26-24-27-25(21-13-5-1-6-14-21,22-15-7-2-8-16-22)23(30)29(24)20-12-4-11-19-28-17-9-3-10-18-28;1-18(13-8-11(9-23)15(20)28-13)14(16(27)26(3)17(24)25-18)10-4-6-12(7-5-10)19(2,21)22;1-17(13-4-5-14-12(8-13)6-7-22-14)9-15(21)20(16(18)19-17)10-11-2-3-11/h4-12,14-15,17,23H,13H2,1-3H3,(H2,29,30);1-2,5-8,13-16H,3-4,9-12,17-20H2,(H2,26,27);4-8,14H,1-3H3,(H2,24,25);4-8,11H,2-3,9-10H2,1H3,(H2,18,19)/b11-7+;;;/t23?,27-;;14?,18-;17-/m0.10/s1. The van der Waals surface area contributed by atoms with E-state index in [-0.39, 0.29) is 46.7 Å². The van der Waals surface area contributed by atoms with Crippen LogP contribution in [0.15, 0.2) is 207 Å². The Bertz CT molecular complexity index is 5180. The number of halogens is 3. The van der Waals surface area contributed by atoms with Crippen molar-refractivity contribution in [3.8, 4) is 23.3 Å². The van der Waals surface area contributed by atoms with E-state index in [0.717, 1.165) is 71.1 Å². The molecule has 5 atom stereocenters. The largest absolute Gasteiger partial charge is 0.369 e. The summed E-state index contributed by atoms with van der Waals surface area (Å²) in [6.45, 7) is 13.4. The summed E-state index contributed by atoms with van der Waals surface area (Å²) < 4.78 is 42.4. The molecule has 15 rings (SSSR count). The average Bonchev–Trinajstić information content (AvgIpc) is 1.60. The Kier molecular flexibility index (Phi) is 24.8. The zero-order chi connectivity index (χ0) is 80.6. The van der Waals surface area contributed by atoms with E-state index in [1.54, 1.807) is 58.6 Å². The van der Waals surface area contributed by atoms with Gasteiger partial charge in [-0.2, -0.15) is 14.9 Å². The van der Waals surface area contributed by atoms with E-state index >= 15 is 0 Å². The molecule has 584 valence electrons. The number of hydrogen-bond acceptors (Lipinski definition) is 18. The number of aryl methyl sites for hydroxylation is 1. The number of aliphatic imine (C=N–C) groups is 4. The molecule has 0 radical (unpaired) electrons. The number of benzene rings is 6. The number of amides is 4. The Morgan fingerprint density at radius 2 is 1.27 bits per heavy atom. The summed E-state index contributed by atoms with van der Waals surface area (Å²) in [5.41, 5.74) is 28.5. The van der Waals surface area contributed by atoms with Gasteiger partial charge in [0.25, 0.3) is 11.8 Å². The molecule has 8 heterocycles. The van der Waals surface area contributed by atoms with Crippen LogP contribution in [-0.4, -0.2) is 119 Å². The first-order chi connectivity index (χ1) is 54.1. The SMILES string of the molecule is CN1C(=O)C(c2ccc(C(C)(F)F)cc2)[C@@](C)(c2cc(C#N)c(F)s2)N=C1N.C[C@@]1(c2ccc3sccc3c2)CC(=O)N(CC2CC2)C(N)=N1.Cc1ccccc1/C=C/CC1C(=O)N(C)C(N)=N[C@]1(C)c1cc(-c2cccc(C#N)c2)cs1.NC1=NC(c2ccccc2)(c2ccccc2)C(=O)N1CCCCCN1CCCCC1. The van der Waals surface area contributed by atoms with E-state index in [2.05, 4.69) is 82.9 Å². The van der Waals surface area contributed by atoms with Crippen LogP contribution < -0.4 is 22.9 Å². The number of carbonyl (C=O) groups excluding carboxylic acids is 4. The topological polar surface area (TPSA) is 286 Å². The number of rotatable bonds is 19. The van der Waals surface area contributed by atoms with Crippen molar-refractivity contribution in [1.29, 1.82) is 10.5 Å². The average molecular weight is 1580 g/mol. The van der Waals surface area contributed by atoms with Gasteiger partial charge >= 0.3 is 0 Å². The second-order valence-corrected chi connectivity index (χ2v) is 33.1. The van der Waals surface area contributed by atoms with Crippen molar-refractivity contribution in [3.63, 3.8) is 0 Å². The molecule has 25 heteroatoms. The molecule has 2 unspecified atom stereocenters. The van der Waals surface area contributed by atoms with Crippen LogP contribution in [0.2, 0.25) is 0 Å². The van der Waals surface area contributed by atoms with Gasteiger partial charge in [-0.3, -0.25) is 38.8 Å². The number of likely N-dealkylation sites (tertiary alicyclic amines) is 1. The summed E-state index contributed by atoms with van der Waals surface area (Å²) in [6, 6.07) is 56.4. The van der Waals surface area contributed by atoms with Crippen molar-refractivity contribution >= 4 is 97.6 Å². The molecule has 0 bridgehead atoms. The molecule has 8 N–H and O–H groups in total. The van der Waals surface area contributed by atoms with Gasteiger partial charge in [-0.25, -0.2) is 28.8 Å².